The first-order valence-corrected chi connectivity index (χ1v) is 9.58. The lowest BCUT2D eigenvalue weighted by Gasteiger charge is -2.24. The molecule has 0 saturated carbocycles. The maximum atomic E-state index is 13.3. The van der Waals surface area contributed by atoms with E-state index in [1.54, 1.807) is 7.05 Å². The molecule has 0 spiro atoms. The number of hydrogen-bond acceptors (Lipinski definition) is 5. The Hall–Kier alpha value is -3.00. The van der Waals surface area contributed by atoms with Crippen molar-refractivity contribution in [3.05, 3.63) is 58.0 Å². The number of rotatable bonds is 4. The fraction of sp³-hybridized carbons (Fsp3) is 0.263. The molecule has 1 aliphatic rings. The molecule has 3 aromatic rings. The van der Waals surface area contributed by atoms with E-state index >= 15 is 0 Å². The molecule has 2 aromatic heterocycles. The van der Waals surface area contributed by atoms with Gasteiger partial charge in [0.15, 0.2) is 5.82 Å². The molecule has 0 unspecified atom stereocenters. The number of carbonyl (C=O) groups excluding carboxylic acids is 2. The van der Waals surface area contributed by atoms with Crippen LogP contribution < -0.4 is 5.32 Å². The van der Waals surface area contributed by atoms with Crippen LogP contribution in [-0.2, 0) is 0 Å². The predicted octanol–water partition coefficient (Wildman–Crippen LogP) is 2.87. The van der Waals surface area contributed by atoms with Crippen LogP contribution in [0.25, 0.3) is 11.4 Å². The van der Waals surface area contributed by atoms with Gasteiger partial charge < -0.3 is 10.2 Å². The fourth-order valence-corrected chi connectivity index (χ4v) is 4.55. The van der Waals surface area contributed by atoms with Crippen LogP contribution >= 0.6 is 11.3 Å². The highest BCUT2D eigenvalue weighted by molar-refractivity contribution is 7.14. The molecule has 1 saturated heterocycles. The summed E-state index contributed by atoms with van der Waals surface area (Å²) in [6.07, 6.45) is 3.26. The summed E-state index contributed by atoms with van der Waals surface area (Å²) in [6, 6.07) is 11.2. The Morgan fingerprint density at radius 1 is 1.26 bits per heavy atom. The van der Waals surface area contributed by atoms with Gasteiger partial charge in [0, 0.05) is 24.0 Å². The Labute approximate surface area is 160 Å². The highest BCUT2D eigenvalue weighted by Gasteiger charge is 2.33. The predicted molar refractivity (Wildman–Crippen MR) is 103 cm³/mol. The minimum atomic E-state index is -0.0993. The Morgan fingerprint density at radius 3 is 2.89 bits per heavy atom. The van der Waals surface area contributed by atoms with Crippen LogP contribution in [0.5, 0.6) is 0 Å². The number of nitrogens with zero attached hydrogens (tertiary/aromatic N) is 3. The SMILES string of the molecule is CNC(=O)c1ccc([C@@H]2CCCN2C(=O)c2ccccc2-c2ncn[nH]2)s1. The summed E-state index contributed by atoms with van der Waals surface area (Å²) in [5.41, 5.74) is 1.34. The summed E-state index contributed by atoms with van der Waals surface area (Å²) in [5.74, 6) is 0.449. The van der Waals surface area contributed by atoms with E-state index < -0.39 is 0 Å². The van der Waals surface area contributed by atoms with Crippen LogP contribution in [0.15, 0.2) is 42.7 Å². The molecule has 8 heteroatoms. The normalized spacial score (nSPS) is 16.5. The third-order valence-electron chi connectivity index (χ3n) is 4.75. The molecule has 4 rings (SSSR count). The van der Waals surface area contributed by atoms with Crippen molar-refractivity contribution in [3.63, 3.8) is 0 Å². The van der Waals surface area contributed by atoms with E-state index in [0.717, 1.165) is 23.3 Å². The molecule has 138 valence electrons. The van der Waals surface area contributed by atoms with E-state index in [0.29, 0.717) is 22.8 Å². The first-order valence-electron chi connectivity index (χ1n) is 8.76. The van der Waals surface area contributed by atoms with Crippen molar-refractivity contribution >= 4 is 23.2 Å². The maximum Gasteiger partial charge on any atom is 0.261 e. The number of aromatic amines is 1. The second-order valence-corrected chi connectivity index (χ2v) is 7.43. The number of aromatic nitrogens is 3. The summed E-state index contributed by atoms with van der Waals surface area (Å²) < 4.78 is 0. The molecule has 2 N–H and O–H groups in total. The first-order chi connectivity index (χ1) is 13.2. The van der Waals surface area contributed by atoms with Crippen LogP contribution in [0.4, 0.5) is 0 Å². The standard InChI is InChI=1S/C19H19N5O2S/c1-20-18(25)16-9-8-15(27-16)14-7-4-10-24(14)19(26)13-6-3-2-5-12(13)17-21-11-22-23-17/h2-3,5-6,8-9,11,14H,4,7,10H2,1H3,(H,20,25)(H,21,22,23)/t14-/m0/s1. The zero-order valence-corrected chi connectivity index (χ0v) is 15.6. The van der Waals surface area contributed by atoms with E-state index in [2.05, 4.69) is 20.5 Å². The Bertz CT molecular complexity index is 966. The number of amides is 2. The lowest BCUT2D eigenvalue weighted by atomic mass is 10.0. The molecule has 1 atom stereocenters. The number of benzene rings is 1. The third kappa shape index (κ3) is 3.23. The van der Waals surface area contributed by atoms with Crippen molar-refractivity contribution in [1.29, 1.82) is 0 Å². The summed E-state index contributed by atoms with van der Waals surface area (Å²) in [6.45, 7) is 0.696. The smallest absolute Gasteiger partial charge is 0.261 e. The molecule has 0 radical (unpaired) electrons. The van der Waals surface area contributed by atoms with Gasteiger partial charge in [0.1, 0.15) is 6.33 Å². The molecular formula is C19H19N5O2S. The van der Waals surface area contributed by atoms with Crippen molar-refractivity contribution < 1.29 is 9.59 Å². The van der Waals surface area contributed by atoms with Gasteiger partial charge in [0.05, 0.1) is 16.5 Å². The summed E-state index contributed by atoms with van der Waals surface area (Å²) in [4.78, 5) is 33.0. The molecule has 0 aliphatic carbocycles. The van der Waals surface area contributed by atoms with Gasteiger partial charge in [-0.25, -0.2) is 4.98 Å². The van der Waals surface area contributed by atoms with Gasteiger partial charge in [-0.1, -0.05) is 18.2 Å². The third-order valence-corrected chi connectivity index (χ3v) is 5.93. The summed E-state index contributed by atoms with van der Waals surface area (Å²) >= 11 is 1.45. The van der Waals surface area contributed by atoms with Gasteiger partial charge >= 0.3 is 0 Å². The van der Waals surface area contributed by atoms with Crippen LogP contribution in [0.3, 0.4) is 0 Å². The van der Waals surface area contributed by atoms with Crippen molar-refractivity contribution in [2.45, 2.75) is 18.9 Å². The topological polar surface area (TPSA) is 91.0 Å². The lowest BCUT2D eigenvalue weighted by Crippen LogP contribution is -2.30. The monoisotopic (exact) mass is 381 g/mol. The largest absolute Gasteiger partial charge is 0.354 e. The number of H-pyrrole nitrogens is 1. The lowest BCUT2D eigenvalue weighted by molar-refractivity contribution is 0.0738. The Balaban J connectivity index is 1.64. The zero-order chi connectivity index (χ0) is 18.8. The van der Waals surface area contributed by atoms with Crippen molar-refractivity contribution in [2.24, 2.45) is 0 Å². The van der Waals surface area contributed by atoms with Crippen LogP contribution in [0, 0.1) is 0 Å². The minimum Gasteiger partial charge on any atom is -0.354 e. The van der Waals surface area contributed by atoms with Gasteiger partial charge in [-0.15, -0.1) is 11.3 Å². The van der Waals surface area contributed by atoms with Gasteiger partial charge in [-0.3, -0.25) is 14.7 Å². The number of nitrogens with one attached hydrogen (secondary N) is 2. The Morgan fingerprint density at radius 2 is 2.11 bits per heavy atom. The highest BCUT2D eigenvalue weighted by Crippen LogP contribution is 2.37. The molecule has 2 amide bonds. The zero-order valence-electron chi connectivity index (χ0n) is 14.8. The second kappa shape index (κ2) is 7.32. The number of hydrogen-bond donors (Lipinski definition) is 2. The van der Waals surface area contributed by atoms with Gasteiger partial charge in [0.2, 0.25) is 0 Å². The average molecular weight is 381 g/mol. The van der Waals surface area contributed by atoms with Crippen LogP contribution in [0.2, 0.25) is 0 Å². The number of thiophene rings is 1. The molecule has 1 aromatic carbocycles. The van der Waals surface area contributed by atoms with E-state index in [9.17, 15) is 9.59 Å². The molecule has 3 heterocycles. The fourth-order valence-electron chi connectivity index (χ4n) is 3.45. The highest BCUT2D eigenvalue weighted by atomic mass is 32.1. The molecule has 0 bridgehead atoms. The molecule has 7 nitrogen and oxygen atoms in total. The van der Waals surface area contributed by atoms with Crippen molar-refractivity contribution in [2.75, 3.05) is 13.6 Å². The minimum absolute atomic E-state index is 0.0105. The second-order valence-electron chi connectivity index (χ2n) is 6.32. The van der Waals surface area contributed by atoms with E-state index in [1.807, 2.05) is 41.3 Å². The van der Waals surface area contributed by atoms with E-state index in [1.165, 1.54) is 17.7 Å². The van der Waals surface area contributed by atoms with E-state index in [4.69, 9.17) is 0 Å². The molecule has 27 heavy (non-hydrogen) atoms. The van der Waals surface area contributed by atoms with Gasteiger partial charge in [-0.2, -0.15) is 5.10 Å². The maximum absolute atomic E-state index is 13.3. The summed E-state index contributed by atoms with van der Waals surface area (Å²) in [7, 11) is 1.62. The van der Waals surface area contributed by atoms with Gasteiger partial charge in [-0.05, 0) is 31.0 Å². The summed E-state index contributed by atoms with van der Waals surface area (Å²) in [5, 5.41) is 9.36. The van der Waals surface area contributed by atoms with Crippen molar-refractivity contribution in [1.82, 2.24) is 25.4 Å². The number of carbonyl (C=O) groups is 2. The average Bonchev–Trinajstić information content (AvgIpc) is 3.47. The van der Waals surface area contributed by atoms with Crippen LogP contribution in [-0.4, -0.2) is 45.5 Å². The van der Waals surface area contributed by atoms with Gasteiger partial charge in [0.25, 0.3) is 11.8 Å². The molecule has 1 fully saturated rings. The quantitative estimate of drug-likeness (QED) is 0.727. The van der Waals surface area contributed by atoms with Crippen molar-refractivity contribution in [3.8, 4) is 11.4 Å². The molecule has 1 aliphatic heterocycles. The van der Waals surface area contributed by atoms with E-state index in [-0.39, 0.29) is 17.9 Å². The molecular weight excluding hydrogens is 362 g/mol. The Kier molecular flexibility index (Phi) is 4.72. The first kappa shape index (κ1) is 17.4. The van der Waals surface area contributed by atoms with Crippen LogP contribution in [0.1, 0.15) is 43.8 Å². The number of likely N-dealkylation sites (tertiary alicyclic amines) is 1.